The molecule has 3 N–H and O–H groups in total. The minimum atomic E-state index is -4.82. The number of aromatic nitrogens is 3. The van der Waals surface area contributed by atoms with Crippen molar-refractivity contribution in [3.05, 3.63) is 34.1 Å². The number of piperazine rings is 1. The number of pyridine rings is 1. The molecule has 0 amide bonds. The van der Waals surface area contributed by atoms with Gasteiger partial charge in [-0.25, -0.2) is 9.37 Å². The lowest BCUT2D eigenvalue weighted by Gasteiger charge is -2.35. The Morgan fingerprint density at radius 1 is 1.21 bits per heavy atom. The van der Waals surface area contributed by atoms with Crippen molar-refractivity contribution in [1.82, 2.24) is 25.2 Å². The fraction of sp³-hybridized carbons (Fsp3) is 0.500. The number of aryl methyl sites for hydroxylation is 1. The second-order valence-electron chi connectivity index (χ2n) is 10.2. The predicted molar refractivity (Wildman–Crippen MR) is 143 cm³/mol. The third-order valence-electron chi connectivity index (χ3n) is 7.45. The number of ether oxygens (including phenoxy) is 1. The van der Waals surface area contributed by atoms with Gasteiger partial charge >= 0.3 is 12.2 Å². The van der Waals surface area contributed by atoms with Crippen LogP contribution in [0.5, 0.6) is 6.01 Å². The van der Waals surface area contributed by atoms with Gasteiger partial charge < -0.3 is 25.6 Å². The largest absolute Gasteiger partial charge is 0.462 e. The Morgan fingerprint density at radius 2 is 1.97 bits per heavy atom. The van der Waals surface area contributed by atoms with E-state index in [-0.39, 0.29) is 45.4 Å². The zero-order valence-corrected chi connectivity index (χ0v) is 22.6. The summed E-state index contributed by atoms with van der Waals surface area (Å²) in [4.78, 5) is 17.0. The van der Waals surface area contributed by atoms with Crippen LogP contribution in [0.4, 0.5) is 29.2 Å². The summed E-state index contributed by atoms with van der Waals surface area (Å²) in [7, 11) is 2.00. The van der Waals surface area contributed by atoms with Crippen LogP contribution in [0.3, 0.4) is 0 Å². The highest BCUT2D eigenvalue weighted by Crippen LogP contribution is 2.44. The number of alkyl halides is 3. The normalized spacial score (nSPS) is 20.7. The van der Waals surface area contributed by atoms with Crippen LogP contribution in [0, 0.1) is 12.7 Å². The van der Waals surface area contributed by atoms with Crippen molar-refractivity contribution >= 4 is 34.1 Å². The summed E-state index contributed by atoms with van der Waals surface area (Å²) in [6, 6.07) is 2.60. The van der Waals surface area contributed by atoms with Gasteiger partial charge in [0.05, 0.1) is 21.8 Å². The number of halogens is 5. The molecule has 0 bridgehead atoms. The molecule has 2 fully saturated rings. The second kappa shape index (κ2) is 10.5. The number of nitrogens with zero attached hydrogens (tertiary/aromatic N) is 5. The van der Waals surface area contributed by atoms with Gasteiger partial charge in [-0.3, -0.25) is 0 Å². The number of hydrogen-bond donors (Lipinski definition) is 2. The maximum absolute atomic E-state index is 16.4. The summed E-state index contributed by atoms with van der Waals surface area (Å²) in [6.07, 6.45) is -2.84. The third kappa shape index (κ3) is 5.29. The van der Waals surface area contributed by atoms with Crippen molar-refractivity contribution in [3.8, 4) is 17.3 Å². The van der Waals surface area contributed by atoms with Crippen molar-refractivity contribution in [2.45, 2.75) is 44.9 Å². The average molecular weight is 568 g/mol. The highest BCUT2D eigenvalue weighted by Gasteiger charge is 2.38. The van der Waals surface area contributed by atoms with E-state index in [4.69, 9.17) is 22.1 Å². The molecule has 1 unspecified atom stereocenters. The standard InChI is InChI=1S/C26H30ClF4N7O/c1-13-9-18(32)34-23(20(13)26(29,30)31)19-17(27)10-16-22(21(19)28)35-25(39-12-15-5-4-7-37(15)3)36-24(16)38-8-6-33-11-14(38)2/h9-10,14-15,33H,4-8,11-12H2,1-3H3,(H2,32,34)/t14-,15?/m0/s1. The summed E-state index contributed by atoms with van der Waals surface area (Å²) in [5, 5.41) is 3.32. The van der Waals surface area contributed by atoms with Gasteiger partial charge in [-0.05, 0) is 58.0 Å². The van der Waals surface area contributed by atoms with Crippen LogP contribution in [0.2, 0.25) is 5.02 Å². The van der Waals surface area contributed by atoms with Gasteiger partial charge in [0.2, 0.25) is 0 Å². The molecule has 0 saturated carbocycles. The zero-order valence-electron chi connectivity index (χ0n) is 21.9. The Morgan fingerprint density at radius 3 is 2.64 bits per heavy atom. The summed E-state index contributed by atoms with van der Waals surface area (Å²) >= 11 is 6.51. The second-order valence-corrected chi connectivity index (χ2v) is 10.6. The average Bonchev–Trinajstić information content (AvgIpc) is 3.26. The number of nitrogens with one attached hydrogen (secondary N) is 1. The number of nitrogen functional groups attached to an aromatic ring is 1. The molecule has 0 spiro atoms. The van der Waals surface area contributed by atoms with Crippen molar-refractivity contribution in [3.63, 3.8) is 0 Å². The van der Waals surface area contributed by atoms with E-state index in [2.05, 4.69) is 25.2 Å². The highest BCUT2D eigenvalue weighted by molar-refractivity contribution is 6.34. The molecular formula is C26H30ClF4N7O. The van der Waals surface area contributed by atoms with Gasteiger partial charge in [-0.15, -0.1) is 0 Å². The molecule has 1 aromatic carbocycles. The lowest BCUT2D eigenvalue weighted by Crippen LogP contribution is -2.50. The van der Waals surface area contributed by atoms with Crippen LogP contribution < -0.4 is 20.7 Å². The lowest BCUT2D eigenvalue weighted by atomic mass is 9.99. The summed E-state index contributed by atoms with van der Waals surface area (Å²) < 4.78 is 64.6. The Kier molecular flexibility index (Phi) is 7.47. The van der Waals surface area contributed by atoms with E-state index in [0.29, 0.717) is 32.1 Å². The summed E-state index contributed by atoms with van der Waals surface area (Å²) in [5.41, 5.74) is 3.08. The van der Waals surface area contributed by atoms with E-state index in [1.807, 2.05) is 18.9 Å². The predicted octanol–water partition coefficient (Wildman–Crippen LogP) is 4.66. The molecule has 13 heteroatoms. The maximum atomic E-state index is 16.4. The van der Waals surface area contributed by atoms with Crippen molar-refractivity contribution < 1.29 is 22.3 Å². The molecule has 210 valence electrons. The van der Waals surface area contributed by atoms with E-state index < -0.39 is 28.8 Å². The van der Waals surface area contributed by atoms with Gasteiger partial charge in [-0.1, -0.05) is 11.6 Å². The molecule has 2 saturated heterocycles. The molecule has 39 heavy (non-hydrogen) atoms. The van der Waals surface area contributed by atoms with Crippen LogP contribution in [-0.2, 0) is 6.18 Å². The molecule has 8 nitrogen and oxygen atoms in total. The number of rotatable bonds is 5. The Bertz CT molecular complexity index is 1400. The Balaban J connectivity index is 1.71. The number of anilines is 2. The molecule has 2 aromatic heterocycles. The molecule has 2 aliphatic heterocycles. The quantitative estimate of drug-likeness (QED) is 0.430. The molecular weight excluding hydrogens is 538 g/mol. The fourth-order valence-corrected chi connectivity index (χ4v) is 5.70. The molecule has 3 aromatic rings. The highest BCUT2D eigenvalue weighted by atomic mass is 35.5. The molecule has 5 rings (SSSR count). The van der Waals surface area contributed by atoms with Crippen molar-refractivity contribution in [2.75, 3.05) is 50.5 Å². The number of fused-ring (bicyclic) bond motifs is 1. The van der Waals surface area contributed by atoms with Gasteiger partial charge in [-0.2, -0.15) is 23.1 Å². The zero-order chi connectivity index (χ0) is 28.1. The van der Waals surface area contributed by atoms with Crippen LogP contribution in [0.25, 0.3) is 22.2 Å². The monoisotopic (exact) mass is 567 g/mol. The fourth-order valence-electron chi connectivity index (χ4n) is 5.41. The van der Waals surface area contributed by atoms with Crippen molar-refractivity contribution in [1.29, 1.82) is 0 Å². The van der Waals surface area contributed by atoms with E-state index in [1.165, 1.54) is 13.0 Å². The first-order valence-electron chi connectivity index (χ1n) is 12.8. The third-order valence-corrected chi connectivity index (χ3v) is 7.75. The minimum Gasteiger partial charge on any atom is -0.462 e. The SMILES string of the molecule is Cc1cc(N)nc(-c2c(Cl)cc3c(N4CCNC[C@@H]4C)nc(OCC4CCCN4C)nc3c2F)c1C(F)(F)F. The van der Waals surface area contributed by atoms with Crippen LogP contribution in [0.1, 0.15) is 30.9 Å². The topological polar surface area (TPSA) is 92.4 Å². The maximum Gasteiger partial charge on any atom is 0.418 e. The lowest BCUT2D eigenvalue weighted by molar-refractivity contribution is -0.137. The summed E-state index contributed by atoms with van der Waals surface area (Å²) in [5.74, 6) is -0.826. The van der Waals surface area contributed by atoms with Crippen LogP contribution in [0.15, 0.2) is 12.1 Å². The van der Waals surface area contributed by atoms with E-state index in [0.717, 1.165) is 25.5 Å². The number of hydrogen-bond acceptors (Lipinski definition) is 8. The summed E-state index contributed by atoms with van der Waals surface area (Å²) in [6.45, 7) is 6.41. The Hall–Kier alpha value is -2.96. The van der Waals surface area contributed by atoms with Crippen LogP contribution in [-0.4, -0.2) is 71.8 Å². The smallest absolute Gasteiger partial charge is 0.418 e. The molecule has 4 heterocycles. The molecule has 2 aliphatic rings. The van der Waals surface area contributed by atoms with E-state index >= 15 is 4.39 Å². The first-order valence-corrected chi connectivity index (χ1v) is 13.2. The minimum absolute atomic E-state index is 0.00208. The first kappa shape index (κ1) is 27.6. The van der Waals surface area contributed by atoms with E-state index in [1.54, 1.807) is 0 Å². The number of likely N-dealkylation sites (N-methyl/N-ethyl adjacent to an activating group) is 1. The molecule has 0 aliphatic carbocycles. The number of benzene rings is 1. The van der Waals surface area contributed by atoms with E-state index in [9.17, 15) is 13.2 Å². The number of nitrogens with two attached hydrogens (primary N) is 1. The molecule has 2 atom stereocenters. The van der Waals surface area contributed by atoms with Gasteiger partial charge in [0.25, 0.3) is 0 Å². The molecule has 0 radical (unpaired) electrons. The van der Waals surface area contributed by atoms with Gasteiger partial charge in [0, 0.05) is 37.1 Å². The van der Waals surface area contributed by atoms with Gasteiger partial charge in [0.1, 0.15) is 23.8 Å². The van der Waals surface area contributed by atoms with Crippen LogP contribution >= 0.6 is 11.6 Å². The first-order chi connectivity index (χ1) is 18.5. The van der Waals surface area contributed by atoms with Crippen molar-refractivity contribution in [2.24, 2.45) is 0 Å². The Labute approximate surface area is 228 Å². The number of likely N-dealkylation sites (tertiary alicyclic amines) is 1. The van der Waals surface area contributed by atoms with Gasteiger partial charge in [0.15, 0.2) is 5.82 Å².